The first kappa shape index (κ1) is 94.2. The van der Waals surface area contributed by atoms with Gasteiger partial charge in [0.1, 0.15) is 0 Å². The minimum Gasteiger partial charge on any atom is -0.463 e. The van der Waals surface area contributed by atoms with Gasteiger partial charge >= 0.3 is 17.9 Å². The molecular weight excluding hydrogens is 1080 g/mol. The molecule has 1 N–H and O–H groups in total. The second-order valence-corrected chi connectivity index (χ2v) is 35.4. The van der Waals surface area contributed by atoms with E-state index in [1.54, 1.807) is 27.7 Å². The molecular formula is C73H152N2O9S. The van der Waals surface area contributed by atoms with Gasteiger partial charge in [-0.15, -0.1) is 0 Å². The van der Waals surface area contributed by atoms with Crippen molar-refractivity contribution < 1.29 is 42.9 Å². The van der Waals surface area contributed by atoms with Crippen molar-refractivity contribution in [3.8, 4) is 0 Å². The van der Waals surface area contributed by atoms with Gasteiger partial charge in [-0.25, -0.2) is 0 Å². The summed E-state index contributed by atoms with van der Waals surface area (Å²) < 4.78 is 25.8. The molecule has 0 fully saturated rings. The van der Waals surface area contributed by atoms with E-state index in [-0.39, 0.29) is 52.8 Å². The lowest BCUT2D eigenvalue weighted by Crippen LogP contribution is -2.35. The minimum atomic E-state index is -0.806. The smallest absolute Gasteiger partial charge is 0.311 e. The van der Waals surface area contributed by atoms with E-state index in [0.29, 0.717) is 58.0 Å². The van der Waals surface area contributed by atoms with Crippen LogP contribution in [0.2, 0.25) is 0 Å². The quantitative estimate of drug-likeness (QED) is 0.0436. The number of ether oxygens (including phenoxy) is 5. The van der Waals surface area contributed by atoms with E-state index in [4.69, 9.17) is 23.7 Å². The second kappa shape index (κ2) is 48.9. The molecule has 0 bridgehead atoms. The van der Waals surface area contributed by atoms with Gasteiger partial charge in [-0.2, -0.15) is 11.8 Å². The summed E-state index contributed by atoms with van der Waals surface area (Å²) in [5, 5.41) is 2.89. The van der Waals surface area contributed by atoms with Gasteiger partial charge in [0.05, 0.1) is 23.5 Å². The van der Waals surface area contributed by atoms with Crippen LogP contribution in [-0.2, 0) is 42.9 Å². The monoisotopic (exact) mass is 1230 g/mol. The van der Waals surface area contributed by atoms with Crippen LogP contribution in [0, 0.1) is 55.7 Å². The molecule has 0 atom stereocenters. The Labute approximate surface area is 536 Å². The van der Waals surface area contributed by atoms with E-state index in [1.807, 2.05) is 69.2 Å². The van der Waals surface area contributed by atoms with Gasteiger partial charge in [-0.3, -0.25) is 19.2 Å². The zero-order valence-electron chi connectivity index (χ0n) is 63.5. The summed E-state index contributed by atoms with van der Waals surface area (Å²) in [7, 11) is 2.26. The summed E-state index contributed by atoms with van der Waals surface area (Å²) in [5.41, 5.74) is 2.54. The number of thioether (sulfide) groups is 1. The van der Waals surface area contributed by atoms with Crippen LogP contribution in [-0.4, -0.2) is 105 Å². The third-order valence-electron chi connectivity index (χ3n) is 12.1. The van der Waals surface area contributed by atoms with Gasteiger partial charge in [0.25, 0.3) is 0 Å². The molecule has 1 amide bonds. The van der Waals surface area contributed by atoms with E-state index in [2.05, 4.69) is 154 Å². The van der Waals surface area contributed by atoms with Crippen LogP contribution < -0.4 is 5.32 Å². The van der Waals surface area contributed by atoms with Crippen molar-refractivity contribution in [2.45, 2.75) is 336 Å². The minimum absolute atomic E-state index is 0.0197. The second-order valence-electron chi connectivity index (χ2n) is 34.2. The highest BCUT2D eigenvalue weighted by Crippen LogP contribution is 2.26. The average molecular weight is 1230 g/mol. The van der Waals surface area contributed by atoms with Crippen LogP contribution in [0.1, 0.15) is 318 Å². The predicted octanol–water partition coefficient (Wildman–Crippen LogP) is 20.7. The zero-order valence-corrected chi connectivity index (χ0v) is 64.3. The summed E-state index contributed by atoms with van der Waals surface area (Å²) in [4.78, 5) is 47.0. The Morgan fingerprint density at radius 1 is 0.435 bits per heavy atom. The Bertz CT molecular complexity index is 1480. The summed E-state index contributed by atoms with van der Waals surface area (Å²) in [6.45, 7) is 75.3. The standard InChI is InChI=1S/C15H33N.C14H30O.C14H30S.C12H25NO2.C10H18O4.C8H16O2/c1-14(2,3)10-8-12-16(7)13-9-11-15(4,5)6;2*1-13(2,3)9-7-11-15-12-8-10-14(4,5)6;1-11(2,3)10(14)13-8-7-9-15-12(4,5)6;1-6(2)9(11)13-8(5)14-10(12)7(3)4;1-6(2)5-8(9)10-7(3)4/h8-13H2,1-7H3;2*7-12H2,1-6H3;7-9H2,1-6H3,(H,13,14);6-8H,1-5H3;6-7H,5H2,1-4H3. The Hall–Kier alpha value is -1.89. The molecule has 0 heterocycles. The van der Waals surface area contributed by atoms with Gasteiger partial charge in [-0.05, 0) is 188 Å². The fraction of sp³-hybridized carbons (Fsp3) is 0.945. The Kier molecular flexibility index (Phi) is 54.2. The lowest BCUT2D eigenvalue weighted by Gasteiger charge is -2.23. The number of hydrogen-bond acceptors (Lipinski definition) is 11. The number of carbonyl (C=O) groups is 4. The van der Waals surface area contributed by atoms with Crippen molar-refractivity contribution in [1.29, 1.82) is 0 Å². The summed E-state index contributed by atoms with van der Waals surface area (Å²) in [6.07, 6.45) is 16.3. The topological polar surface area (TPSA) is 130 Å². The molecule has 514 valence electrons. The van der Waals surface area contributed by atoms with Gasteiger partial charge in [0, 0.05) is 45.1 Å². The lowest BCUT2D eigenvalue weighted by atomic mass is 9.90. The Morgan fingerprint density at radius 2 is 0.765 bits per heavy atom. The lowest BCUT2D eigenvalue weighted by molar-refractivity contribution is -0.189. The van der Waals surface area contributed by atoms with E-state index >= 15 is 0 Å². The van der Waals surface area contributed by atoms with Crippen LogP contribution >= 0.6 is 11.8 Å². The number of esters is 3. The third-order valence-corrected chi connectivity index (χ3v) is 13.2. The molecule has 0 aromatic heterocycles. The maximum Gasteiger partial charge on any atom is 0.311 e. The van der Waals surface area contributed by atoms with Gasteiger partial charge in [-0.1, -0.05) is 187 Å². The normalized spacial score (nSPS) is 12.5. The first-order valence-corrected chi connectivity index (χ1v) is 34.5. The van der Waals surface area contributed by atoms with Crippen molar-refractivity contribution in [2.75, 3.05) is 58.0 Å². The van der Waals surface area contributed by atoms with Crippen LogP contribution in [0.4, 0.5) is 0 Å². The molecule has 0 aromatic carbocycles. The van der Waals surface area contributed by atoms with E-state index in [0.717, 1.165) is 19.6 Å². The molecule has 0 aliphatic rings. The van der Waals surface area contributed by atoms with Crippen LogP contribution in [0.15, 0.2) is 0 Å². The molecule has 0 rings (SSSR count). The summed E-state index contributed by atoms with van der Waals surface area (Å²) >= 11 is 2.13. The van der Waals surface area contributed by atoms with Crippen molar-refractivity contribution in [2.24, 2.45) is 55.7 Å². The van der Waals surface area contributed by atoms with E-state index in [1.165, 1.54) is 109 Å². The van der Waals surface area contributed by atoms with Gasteiger partial charge < -0.3 is 33.9 Å². The molecule has 0 aliphatic heterocycles. The first-order chi connectivity index (χ1) is 38.0. The first-order valence-electron chi connectivity index (χ1n) is 33.4. The Balaban J connectivity index is -0.000000221. The fourth-order valence-electron chi connectivity index (χ4n) is 7.08. The van der Waals surface area contributed by atoms with Crippen LogP contribution in [0.25, 0.3) is 0 Å². The van der Waals surface area contributed by atoms with E-state index in [9.17, 15) is 19.2 Å². The SMILES string of the molecule is CC(C)(C)CCCOCCCC(C)(C)C.CC(C)(C)CCCSCCCC(C)(C)C.CC(C)(C)OCCCNC(=O)C(C)(C)C.CC(C)CC(=O)OC(C)C.CC(OC(=O)C(C)C)OC(=O)C(C)C.CN(CCCC(C)(C)C)CCCC(C)(C)C. The molecule has 12 heteroatoms. The molecule has 0 unspecified atom stereocenters. The number of hydrogen-bond donors (Lipinski definition) is 1. The maximum atomic E-state index is 11.5. The Morgan fingerprint density at radius 3 is 1.05 bits per heavy atom. The summed E-state index contributed by atoms with van der Waals surface area (Å²) in [6, 6.07) is 0. The van der Waals surface area contributed by atoms with Crippen molar-refractivity contribution in [1.82, 2.24) is 10.2 Å². The number of rotatable bonds is 29. The number of amides is 1. The number of nitrogens with zero attached hydrogens (tertiary/aromatic N) is 1. The molecule has 0 radical (unpaired) electrons. The van der Waals surface area contributed by atoms with Crippen LogP contribution in [0.3, 0.4) is 0 Å². The van der Waals surface area contributed by atoms with Crippen LogP contribution in [0.5, 0.6) is 0 Å². The van der Waals surface area contributed by atoms with Crippen molar-refractivity contribution in [3.05, 3.63) is 0 Å². The summed E-state index contributed by atoms with van der Waals surface area (Å²) in [5.74, 6) is 1.94. The van der Waals surface area contributed by atoms with E-state index < -0.39 is 6.29 Å². The molecule has 0 saturated heterocycles. The molecule has 0 spiro atoms. The molecule has 11 nitrogen and oxygen atoms in total. The van der Waals surface area contributed by atoms with Crippen molar-refractivity contribution in [3.63, 3.8) is 0 Å². The average Bonchev–Trinajstić information content (AvgIpc) is 3.25. The molecule has 0 saturated carbocycles. The molecule has 0 aromatic rings. The van der Waals surface area contributed by atoms with Crippen molar-refractivity contribution >= 4 is 35.6 Å². The predicted molar refractivity (Wildman–Crippen MR) is 373 cm³/mol. The fourth-order valence-corrected chi connectivity index (χ4v) is 7.98. The highest BCUT2D eigenvalue weighted by Gasteiger charge is 2.21. The largest absolute Gasteiger partial charge is 0.463 e. The zero-order chi connectivity index (χ0) is 68.3. The molecule has 0 aliphatic carbocycles. The number of carbonyl (C=O) groups excluding carboxylic acids is 4. The highest BCUT2D eigenvalue weighted by molar-refractivity contribution is 7.99. The molecule has 85 heavy (non-hydrogen) atoms. The maximum absolute atomic E-state index is 11.5. The number of nitrogens with one attached hydrogen (secondary N) is 1. The highest BCUT2D eigenvalue weighted by atomic mass is 32.2. The van der Waals surface area contributed by atoms with Gasteiger partial charge in [0.2, 0.25) is 12.2 Å². The van der Waals surface area contributed by atoms with Gasteiger partial charge in [0.15, 0.2) is 0 Å². The third kappa shape index (κ3) is 93.4.